The average molecular weight is 185 g/mol. The van der Waals surface area contributed by atoms with Crippen molar-refractivity contribution in [1.29, 1.82) is 0 Å². The topological polar surface area (TPSA) is 20.2 Å². The molecule has 1 aromatic carbocycles. The zero-order valence-electron chi connectivity index (χ0n) is 7.13. The summed E-state index contributed by atoms with van der Waals surface area (Å²) in [5.74, 6) is 0.383. The second-order valence-electron chi connectivity index (χ2n) is 2.97. The highest BCUT2D eigenvalue weighted by Crippen LogP contribution is 2.21. The van der Waals surface area contributed by atoms with Gasteiger partial charge in [-0.1, -0.05) is 30.7 Å². The molecule has 66 valence electrons. The summed E-state index contributed by atoms with van der Waals surface area (Å²) < 4.78 is 0. The first kappa shape index (κ1) is 9.56. The van der Waals surface area contributed by atoms with Crippen LogP contribution in [0.15, 0.2) is 24.3 Å². The lowest BCUT2D eigenvalue weighted by Gasteiger charge is -2.09. The summed E-state index contributed by atoms with van der Waals surface area (Å²) in [6.45, 7) is 2.32. The van der Waals surface area contributed by atoms with E-state index in [-0.39, 0.29) is 6.61 Å². The minimum Gasteiger partial charge on any atom is -0.396 e. The van der Waals surface area contributed by atoms with Gasteiger partial charge in [-0.3, -0.25) is 0 Å². The predicted molar refractivity (Wildman–Crippen MR) is 51.6 cm³/mol. The van der Waals surface area contributed by atoms with Crippen LogP contribution in [0, 0.1) is 0 Å². The van der Waals surface area contributed by atoms with Crippen molar-refractivity contribution in [3.05, 3.63) is 34.9 Å². The average Bonchev–Trinajstić information content (AvgIpc) is 2.05. The van der Waals surface area contributed by atoms with Crippen molar-refractivity contribution < 1.29 is 5.11 Å². The molecule has 0 aromatic heterocycles. The summed E-state index contributed by atoms with van der Waals surface area (Å²) in [5, 5.41) is 9.50. The van der Waals surface area contributed by atoms with E-state index in [1.54, 1.807) is 0 Å². The maximum absolute atomic E-state index is 8.73. The zero-order chi connectivity index (χ0) is 8.97. The minimum atomic E-state index is 0.230. The van der Waals surface area contributed by atoms with Crippen LogP contribution in [0.25, 0.3) is 0 Å². The number of rotatable bonds is 3. The molecule has 0 aliphatic rings. The second-order valence-corrected chi connectivity index (χ2v) is 3.40. The number of benzene rings is 1. The molecule has 0 aliphatic carbocycles. The van der Waals surface area contributed by atoms with Gasteiger partial charge in [-0.2, -0.15) is 0 Å². The lowest BCUT2D eigenvalue weighted by atomic mass is 9.98. The van der Waals surface area contributed by atoms with Gasteiger partial charge < -0.3 is 5.11 Å². The third-order valence-electron chi connectivity index (χ3n) is 1.98. The molecule has 0 bridgehead atoms. The molecule has 2 heteroatoms. The van der Waals surface area contributed by atoms with Crippen molar-refractivity contribution >= 4 is 11.6 Å². The molecule has 0 fully saturated rings. The first-order chi connectivity index (χ1) is 5.74. The summed E-state index contributed by atoms with van der Waals surface area (Å²) in [5.41, 5.74) is 1.19. The highest BCUT2D eigenvalue weighted by atomic mass is 35.5. The van der Waals surface area contributed by atoms with Crippen LogP contribution in [-0.4, -0.2) is 11.7 Å². The third-order valence-corrected chi connectivity index (χ3v) is 2.21. The van der Waals surface area contributed by atoms with Gasteiger partial charge in [0.15, 0.2) is 0 Å². The molecule has 12 heavy (non-hydrogen) atoms. The Morgan fingerprint density at radius 3 is 2.83 bits per heavy atom. The highest BCUT2D eigenvalue weighted by molar-refractivity contribution is 6.30. The van der Waals surface area contributed by atoms with Gasteiger partial charge in [0.05, 0.1) is 0 Å². The highest BCUT2D eigenvalue weighted by Gasteiger charge is 2.03. The molecule has 1 unspecified atom stereocenters. The van der Waals surface area contributed by atoms with Gasteiger partial charge in [0.25, 0.3) is 0 Å². The Bertz CT molecular complexity index is 247. The van der Waals surface area contributed by atoms with Crippen LogP contribution >= 0.6 is 11.6 Å². The monoisotopic (exact) mass is 184 g/mol. The van der Waals surface area contributed by atoms with Gasteiger partial charge in [-0.05, 0) is 30.0 Å². The van der Waals surface area contributed by atoms with Crippen LogP contribution in [0.5, 0.6) is 0 Å². The number of hydrogen-bond donors (Lipinski definition) is 1. The van der Waals surface area contributed by atoms with Crippen molar-refractivity contribution in [2.24, 2.45) is 0 Å². The third kappa shape index (κ3) is 2.50. The van der Waals surface area contributed by atoms with Crippen LogP contribution < -0.4 is 0 Å². The molecule has 1 aromatic rings. The summed E-state index contributed by atoms with van der Waals surface area (Å²) in [7, 11) is 0. The fourth-order valence-electron chi connectivity index (χ4n) is 1.17. The van der Waals surface area contributed by atoms with E-state index in [9.17, 15) is 0 Å². The van der Waals surface area contributed by atoms with Crippen LogP contribution in [0.2, 0.25) is 5.02 Å². The SMILES string of the molecule is CC(CCO)c1cccc(Cl)c1. The van der Waals surface area contributed by atoms with Gasteiger partial charge in [0, 0.05) is 11.6 Å². The fraction of sp³-hybridized carbons (Fsp3) is 0.400. The number of aliphatic hydroxyl groups excluding tert-OH is 1. The largest absolute Gasteiger partial charge is 0.396 e. The van der Waals surface area contributed by atoms with Crippen molar-refractivity contribution in [3.63, 3.8) is 0 Å². The van der Waals surface area contributed by atoms with Gasteiger partial charge in [0.1, 0.15) is 0 Å². The normalized spacial score (nSPS) is 12.9. The van der Waals surface area contributed by atoms with Crippen LogP contribution in [0.3, 0.4) is 0 Å². The molecule has 1 rings (SSSR count). The van der Waals surface area contributed by atoms with Crippen molar-refractivity contribution in [3.8, 4) is 0 Å². The van der Waals surface area contributed by atoms with Crippen LogP contribution in [0.1, 0.15) is 24.8 Å². The van der Waals surface area contributed by atoms with Gasteiger partial charge in [0.2, 0.25) is 0 Å². The molecule has 1 N–H and O–H groups in total. The number of halogens is 1. The molecule has 1 atom stereocenters. The molecule has 0 spiro atoms. The molecular weight excluding hydrogens is 172 g/mol. The molecule has 0 radical (unpaired) electrons. The van der Waals surface area contributed by atoms with Gasteiger partial charge in [-0.25, -0.2) is 0 Å². The standard InChI is InChI=1S/C10H13ClO/c1-8(5-6-12)9-3-2-4-10(11)7-9/h2-4,7-8,12H,5-6H2,1H3. The molecule has 0 heterocycles. The number of hydrogen-bond acceptors (Lipinski definition) is 1. The van der Waals surface area contributed by atoms with E-state index in [0.29, 0.717) is 5.92 Å². The molecule has 0 amide bonds. The molecular formula is C10H13ClO. The summed E-state index contributed by atoms with van der Waals surface area (Å²) in [6.07, 6.45) is 0.792. The quantitative estimate of drug-likeness (QED) is 0.766. The van der Waals surface area contributed by atoms with E-state index in [1.807, 2.05) is 24.3 Å². The lowest BCUT2D eigenvalue weighted by Crippen LogP contribution is -1.96. The van der Waals surface area contributed by atoms with Crippen molar-refractivity contribution in [2.45, 2.75) is 19.3 Å². The minimum absolute atomic E-state index is 0.230. The Morgan fingerprint density at radius 1 is 1.50 bits per heavy atom. The fourth-order valence-corrected chi connectivity index (χ4v) is 1.37. The smallest absolute Gasteiger partial charge is 0.0436 e. The Hall–Kier alpha value is -0.530. The van der Waals surface area contributed by atoms with Crippen LogP contribution in [0.4, 0.5) is 0 Å². The Labute approximate surface area is 78.0 Å². The summed E-state index contributed by atoms with van der Waals surface area (Å²) in [6, 6.07) is 7.77. The van der Waals surface area contributed by atoms with E-state index >= 15 is 0 Å². The zero-order valence-corrected chi connectivity index (χ0v) is 7.88. The Balaban J connectivity index is 2.73. The van der Waals surface area contributed by atoms with E-state index in [0.717, 1.165) is 11.4 Å². The second kappa shape index (κ2) is 4.48. The van der Waals surface area contributed by atoms with Gasteiger partial charge >= 0.3 is 0 Å². The number of aliphatic hydroxyl groups is 1. The van der Waals surface area contributed by atoms with Crippen molar-refractivity contribution in [2.75, 3.05) is 6.61 Å². The maximum atomic E-state index is 8.73. The van der Waals surface area contributed by atoms with E-state index in [2.05, 4.69) is 6.92 Å². The van der Waals surface area contributed by atoms with Gasteiger partial charge in [-0.15, -0.1) is 0 Å². The van der Waals surface area contributed by atoms with E-state index in [4.69, 9.17) is 16.7 Å². The van der Waals surface area contributed by atoms with E-state index in [1.165, 1.54) is 5.56 Å². The maximum Gasteiger partial charge on any atom is 0.0436 e. The first-order valence-corrected chi connectivity index (χ1v) is 4.48. The molecule has 0 saturated heterocycles. The first-order valence-electron chi connectivity index (χ1n) is 4.10. The predicted octanol–water partition coefficient (Wildman–Crippen LogP) is 2.83. The summed E-state index contributed by atoms with van der Waals surface area (Å²) in [4.78, 5) is 0. The molecule has 1 nitrogen and oxygen atoms in total. The van der Waals surface area contributed by atoms with Crippen LogP contribution in [-0.2, 0) is 0 Å². The Kier molecular flexibility index (Phi) is 3.57. The lowest BCUT2D eigenvalue weighted by molar-refractivity contribution is 0.278. The summed E-state index contributed by atoms with van der Waals surface area (Å²) >= 11 is 5.83. The van der Waals surface area contributed by atoms with Crippen molar-refractivity contribution in [1.82, 2.24) is 0 Å². The molecule has 0 aliphatic heterocycles. The Morgan fingerprint density at radius 2 is 2.25 bits per heavy atom. The van der Waals surface area contributed by atoms with E-state index < -0.39 is 0 Å². The molecule has 0 saturated carbocycles.